The Labute approximate surface area is 116 Å². The summed E-state index contributed by atoms with van der Waals surface area (Å²) >= 11 is 0. The topological polar surface area (TPSA) is 12.0 Å². The molecule has 0 aromatic heterocycles. The Balaban J connectivity index is 2.52. The SMILES string of the molecule is CNC(c1cc(C)cc(C)c1)c1cc(C)ccc1C. The summed E-state index contributed by atoms with van der Waals surface area (Å²) in [6.07, 6.45) is 0. The summed E-state index contributed by atoms with van der Waals surface area (Å²) in [7, 11) is 2.03. The van der Waals surface area contributed by atoms with Gasteiger partial charge in [-0.3, -0.25) is 0 Å². The van der Waals surface area contributed by atoms with Crippen LogP contribution < -0.4 is 5.32 Å². The third kappa shape index (κ3) is 3.05. The molecule has 0 amide bonds. The molecule has 0 saturated heterocycles. The van der Waals surface area contributed by atoms with Crippen LogP contribution in [-0.2, 0) is 0 Å². The van der Waals surface area contributed by atoms with Crippen LogP contribution in [0.1, 0.15) is 39.4 Å². The van der Waals surface area contributed by atoms with Gasteiger partial charge in [0.25, 0.3) is 0 Å². The van der Waals surface area contributed by atoms with Crippen LogP contribution >= 0.6 is 0 Å². The highest BCUT2D eigenvalue weighted by Crippen LogP contribution is 2.27. The molecule has 2 aromatic rings. The maximum Gasteiger partial charge on any atom is 0.0577 e. The first-order chi connectivity index (χ1) is 9.01. The van der Waals surface area contributed by atoms with Gasteiger partial charge in [0.15, 0.2) is 0 Å². The third-order valence-corrected chi connectivity index (χ3v) is 3.61. The predicted molar refractivity (Wildman–Crippen MR) is 82.7 cm³/mol. The molecule has 0 saturated carbocycles. The van der Waals surface area contributed by atoms with E-state index in [1.807, 2.05) is 7.05 Å². The Morgan fingerprint density at radius 3 is 2.00 bits per heavy atom. The number of aryl methyl sites for hydroxylation is 4. The zero-order valence-corrected chi connectivity index (χ0v) is 12.5. The number of benzene rings is 2. The molecule has 2 aromatic carbocycles. The summed E-state index contributed by atoms with van der Waals surface area (Å²) in [5.41, 5.74) is 8.00. The summed E-state index contributed by atoms with van der Waals surface area (Å²) < 4.78 is 0. The van der Waals surface area contributed by atoms with Crippen molar-refractivity contribution in [2.24, 2.45) is 0 Å². The van der Waals surface area contributed by atoms with Gasteiger partial charge in [-0.25, -0.2) is 0 Å². The fourth-order valence-corrected chi connectivity index (χ4v) is 2.75. The van der Waals surface area contributed by atoms with E-state index in [4.69, 9.17) is 0 Å². The maximum absolute atomic E-state index is 3.46. The first kappa shape index (κ1) is 13.8. The summed E-state index contributed by atoms with van der Waals surface area (Å²) in [6.45, 7) is 8.65. The fourth-order valence-electron chi connectivity index (χ4n) is 2.75. The molecule has 19 heavy (non-hydrogen) atoms. The van der Waals surface area contributed by atoms with Crippen molar-refractivity contribution < 1.29 is 0 Å². The van der Waals surface area contributed by atoms with Gasteiger partial charge in [-0.1, -0.05) is 53.1 Å². The molecule has 100 valence electrons. The largest absolute Gasteiger partial charge is 0.309 e. The molecule has 0 bridgehead atoms. The quantitative estimate of drug-likeness (QED) is 0.863. The van der Waals surface area contributed by atoms with Gasteiger partial charge < -0.3 is 5.32 Å². The van der Waals surface area contributed by atoms with Crippen LogP contribution in [-0.4, -0.2) is 7.05 Å². The lowest BCUT2D eigenvalue weighted by Crippen LogP contribution is -2.19. The van der Waals surface area contributed by atoms with E-state index in [0.717, 1.165) is 0 Å². The lowest BCUT2D eigenvalue weighted by atomic mass is 9.92. The zero-order valence-electron chi connectivity index (χ0n) is 12.5. The molecule has 1 N–H and O–H groups in total. The summed E-state index contributed by atoms with van der Waals surface area (Å²) in [4.78, 5) is 0. The van der Waals surface area contributed by atoms with E-state index in [1.54, 1.807) is 0 Å². The molecular weight excluding hydrogens is 230 g/mol. The van der Waals surface area contributed by atoms with E-state index >= 15 is 0 Å². The molecule has 1 heteroatoms. The van der Waals surface area contributed by atoms with Gasteiger partial charge in [0.2, 0.25) is 0 Å². The highest BCUT2D eigenvalue weighted by Gasteiger charge is 2.14. The van der Waals surface area contributed by atoms with Crippen molar-refractivity contribution in [3.63, 3.8) is 0 Å². The second-order valence-electron chi connectivity index (χ2n) is 5.50. The predicted octanol–water partition coefficient (Wildman–Crippen LogP) is 4.23. The Morgan fingerprint density at radius 2 is 1.42 bits per heavy atom. The van der Waals surface area contributed by atoms with Crippen LogP contribution in [0.5, 0.6) is 0 Å². The molecule has 1 atom stereocenters. The maximum atomic E-state index is 3.46. The van der Waals surface area contributed by atoms with Gasteiger partial charge >= 0.3 is 0 Å². The van der Waals surface area contributed by atoms with Gasteiger partial charge in [0.05, 0.1) is 6.04 Å². The molecule has 0 heterocycles. The normalized spacial score (nSPS) is 12.5. The Hall–Kier alpha value is -1.60. The number of hydrogen-bond donors (Lipinski definition) is 1. The average molecular weight is 253 g/mol. The lowest BCUT2D eigenvalue weighted by Gasteiger charge is -2.21. The number of nitrogens with one attached hydrogen (secondary N) is 1. The number of rotatable bonds is 3. The molecule has 0 fully saturated rings. The highest BCUT2D eigenvalue weighted by molar-refractivity contribution is 5.41. The molecule has 0 radical (unpaired) electrons. The van der Waals surface area contributed by atoms with Crippen molar-refractivity contribution in [2.45, 2.75) is 33.7 Å². The first-order valence-corrected chi connectivity index (χ1v) is 6.84. The van der Waals surface area contributed by atoms with Crippen molar-refractivity contribution in [1.29, 1.82) is 0 Å². The Morgan fingerprint density at radius 1 is 0.789 bits per heavy atom. The minimum Gasteiger partial charge on any atom is -0.309 e. The van der Waals surface area contributed by atoms with Crippen molar-refractivity contribution in [3.8, 4) is 0 Å². The van der Waals surface area contributed by atoms with E-state index in [2.05, 4.69) is 69.4 Å². The third-order valence-electron chi connectivity index (χ3n) is 3.61. The van der Waals surface area contributed by atoms with Crippen LogP contribution in [0.25, 0.3) is 0 Å². The summed E-state index contributed by atoms with van der Waals surface area (Å²) in [6, 6.07) is 13.7. The Bertz CT molecular complexity index is 564. The zero-order chi connectivity index (χ0) is 14.0. The lowest BCUT2D eigenvalue weighted by molar-refractivity contribution is 0.686. The number of hydrogen-bond acceptors (Lipinski definition) is 1. The molecule has 0 aliphatic rings. The van der Waals surface area contributed by atoms with E-state index in [0.29, 0.717) is 0 Å². The molecule has 2 rings (SSSR count). The molecule has 0 aliphatic carbocycles. The average Bonchev–Trinajstić information content (AvgIpc) is 2.33. The summed E-state index contributed by atoms with van der Waals surface area (Å²) in [5.74, 6) is 0. The second kappa shape index (κ2) is 5.58. The fraction of sp³-hybridized carbons (Fsp3) is 0.333. The van der Waals surface area contributed by atoms with Crippen molar-refractivity contribution >= 4 is 0 Å². The van der Waals surface area contributed by atoms with Crippen LogP contribution in [0.15, 0.2) is 36.4 Å². The van der Waals surface area contributed by atoms with Crippen molar-refractivity contribution in [2.75, 3.05) is 7.05 Å². The molecule has 1 nitrogen and oxygen atoms in total. The first-order valence-electron chi connectivity index (χ1n) is 6.84. The summed E-state index contributed by atoms with van der Waals surface area (Å²) in [5, 5.41) is 3.46. The molecular formula is C18H23N. The minimum atomic E-state index is 0.262. The van der Waals surface area contributed by atoms with Gasteiger partial charge in [-0.15, -0.1) is 0 Å². The van der Waals surface area contributed by atoms with Crippen LogP contribution in [0.2, 0.25) is 0 Å². The van der Waals surface area contributed by atoms with E-state index in [1.165, 1.54) is 33.4 Å². The van der Waals surface area contributed by atoms with E-state index < -0.39 is 0 Å². The molecule has 1 unspecified atom stereocenters. The van der Waals surface area contributed by atoms with E-state index in [9.17, 15) is 0 Å². The van der Waals surface area contributed by atoms with Gasteiger partial charge in [-0.2, -0.15) is 0 Å². The highest BCUT2D eigenvalue weighted by atomic mass is 14.9. The van der Waals surface area contributed by atoms with Crippen molar-refractivity contribution in [3.05, 3.63) is 69.8 Å². The van der Waals surface area contributed by atoms with Crippen molar-refractivity contribution in [1.82, 2.24) is 5.32 Å². The smallest absolute Gasteiger partial charge is 0.0577 e. The molecule has 0 spiro atoms. The standard InChI is InChI=1S/C18H23N/c1-12-6-7-15(4)17(11-12)18(19-5)16-9-13(2)8-14(3)10-16/h6-11,18-19H,1-5H3. The van der Waals surface area contributed by atoms with Gasteiger partial charge in [0.1, 0.15) is 0 Å². The van der Waals surface area contributed by atoms with Crippen LogP contribution in [0.4, 0.5) is 0 Å². The minimum absolute atomic E-state index is 0.262. The Kier molecular flexibility index (Phi) is 4.06. The van der Waals surface area contributed by atoms with Gasteiger partial charge in [-0.05, 0) is 51.4 Å². The van der Waals surface area contributed by atoms with Crippen LogP contribution in [0.3, 0.4) is 0 Å². The van der Waals surface area contributed by atoms with Gasteiger partial charge in [0, 0.05) is 0 Å². The van der Waals surface area contributed by atoms with Crippen LogP contribution in [0, 0.1) is 27.7 Å². The van der Waals surface area contributed by atoms with E-state index in [-0.39, 0.29) is 6.04 Å². The monoisotopic (exact) mass is 253 g/mol. The second-order valence-corrected chi connectivity index (χ2v) is 5.50. The molecule has 0 aliphatic heterocycles.